The fourth-order valence-electron chi connectivity index (χ4n) is 2.64. The smallest absolute Gasteiger partial charge is 0.266 e. The van der Waals surface area contributed by atoms with E-state index >= 15 is 0 Å². The number of thiophene rings is 1. The van der Waals surface area contributed by atoms with Crippen molar-refractivity contribution in [3.05, 3.63) is 16.3 Å². The van der Waals surface area contributed by atoms with Gasteiger partial charge in [0.25, 0.3) is 5.91 Å². The molecule has 0 aliphatic carbocycles. The van der Waals surface area contributed by atoms with Crippen LogP contribution in [0.1, 0.15) is 35.4 Å². The molecule has 1 atom stereocenters. The molecule has 1 aliphatic rings. The molecule has 0 aromatic carbocycles. The molecule has 106 valence electrons. The third kappa shape index (κ3) is 3.70. The monoisotopic (exact) mass is 282 g/mol. The molecule has 19 heavy (non-hydrogen) atoms. The lowest BCUT2D eigenvalue weighted by molar-refractivity contribution is 0.0666. The van der Waals surface area contributed by atoms with E-state index in [0.717, 1.165) is 39.0 Å². The van der Waals surface area contributed by atoms with Crippen LogP contribution >= 0.6 is 11.3 Å². The highest BCUT2D eigenvalue weighted by Crippen LogP contribution is 2.26. The van der Waals surface area contributed by atoms with Crippen LogP contribution in [-0.4, -0.2) is 37.6 Å². The van der Waals surface area contributed by atoms with Crippen LogP contribution in [0.2, 0.25) is 0 Å². The molecule has 0 saturated carbocycles. The summed E-state index contributed by atoms with van der Waals surface area (Å²) in [5.41, 5.74) is 6.44. The number of rotatable bonds is 5. The summed E-state index contributed by atoms with van der Waals surface area (Å²) < 4.78 is 5.09. The van der Waals surface area contributed by atoms with Gasteiger partial charge in [-0.2, -0.15) is 0 Å². The molecule has 1 saturated heterocycles. The van der Waals surface area contributed by atoms with Crippen molar-refractivity contribution in [3.63, 3.8) is 0 Å². The van der Waals surface area contributed by atoms with E-state index in [2.05, 4.69) is 0 Å². The van der Waals surface area contributed by atoms with Gasteiger partial charge in [0.1, 0.15) is 4.88 Å². The Morgan fingerprint density at radius 3 is 3.16 bits per heavy atom. The number of piperidine rings is 1. The molecule has 1 aromatic heterocycles. The number of amides is 1. The van der Waals surface area contributed by atoms with Crippen LogP contribution in [-0.2, 0) is 4.74 Å². The molecule has 5 heteroatoms. The largest absolute Gasteiger partial charge is 0.397 e. The Bertz CT molecular complexity index is 419. The molecular weight excluding hydrogens is 260 g/mol. The molecule has 2 heterocycles. The van der Waals surface area contributed by atoms with Crippen molar-refractivity contribution in [2.45, 2.75) is 25.7 Å². The molecule has 4 nitrogen and oxygen atoms in total. The Balaban J connectivity index is 1.90. The summed E-state index contributed by atoms with van der Waals surface area (Å²) in [4.78, 5) is 15.0. The highest BCUT2D eigenvalue weighted by atomic mass is 32.1. The molecule has 0 bridgehead atoms. The van der Waals surface area contributed by atoms with Crippen LogP contribution < -0.4 is 5.73 Å². The van der Waals surface area contributed by atoms with Crippen LogP contribution in [0.25, 0.3) is 0 Å². The molecule has 1 aromatic rings. The maximum Gasteiger partial charge on any atom is 0.266 e. The van der Waals surface area contributed by atoms with Crippen molar-refractivity contribution in [3.8, 4) is 0 Å². The van der Waals surface area contributed by atoms with Crippen LogP contribution in [0, 0.1) is 5.92 Å². The number of hydrogen-bond donors (Lipinski definition) is 1. The molecule has 0 spiro atoms. The summed E-state index contributed by atoms with van der Waals surface area (Å²) in [6.45, 7) is 2.53. The van der Waals surface area contributed by atoms with Crippen LogP contribution in [0.3, 0.4) is 0 Å². The molecule has 0 radical (unpaired) electrons. The third-order valence-corrected chi connectivity index (χ3v) is 4.58. The predicted octanol–water partition coefficient (Wildman–Crippen LogP) is 2.61. The van der Waals surface area contributed by atoms with E-state index < -0.39 is 0 Å². The maximum absolute atomic E-state index is 12.4. The first kappa shape index (κ1) is 14.3. The van der Waals surface area contributed by atoms with Crippen molar-refractivity contribution in [2.75, 3.05) is 32.5 Å². The second-order valence-electron chi connectivity index (χ2n) is 5.10. The van der Waals surface area contributed by atoms with E-state index in [9.17, 15) is 4.79 Å². The fraction of sp³-hybridized carbons (Fsp3) is 0.643. The summed E-state index contributed by atoms with van der Waals surface area (Å²) in [7, 11) is 1.73. The third-order valence-electron chi connectivity index (χ3n) is 3.66. The summed E-state index contributed by atoms with van der Waals surface area (Å²) in [6, 6.07) is 1.80. The topological polar surface area (TPSA) is 55.6 Å². The zero-order chi connectivity index (χ0) is 13.7. The van der Waals surface area contributed by atoms with Gasteiger partial charge >= 0.3 is 0 Å². The van der Waals surface area contributed by atoms with Gasteiger partial charge in [-0.05, 0) is 43.0 Å². The highest BCUT2D eigenvalue weighted by Gasteiger charge is 2.25. The van der Waals surface area contributed by atoms with Crippen LogP contribution in [0.4, 0.5) is 5.69 Å². The van der Waals surface area contributed by atoms with Crippen molar-refractivity contribution in [1.82, 2.24) is 4.90 Å². The van der Waals surface area contributed by atoms with Gasteiger partial charge in [-0.15, -0.1) is 11.3 Å². The van der Waals surface area contributed by atoms with Gasteiger partial charge in [-0.25, -0.2) is 0 Å². The van der Waals surface area contributed by atoms with Gasteiger partial charge in [-0.3, -0.25) is 4.79 Å². The van der Waals surface area contributed by atoms with Gasteiger partial charge in [0.15, 0.2) is 0 Å². The van der Waals surface area contributed by atoms with Gasteiger partial charge in [0.05, 0.1) is 5.69 Å². The zero-order valence-electron chi connectivity index (χ0n) is 11.4. The lowest BCUT2D eigenvalue weighted by atomic mass is 9.93. The van der Waals surface area contributed by atoms with E-state index in [1.54, 1.807) is 13.2 Å². The first-order valence-electron chi connectivity index (χ1n) is 6.83. The predicted molar refractivity (Wildman–Crippen MR) is 78.5 cm³/mol. The average molecular weight is 282 g/mol. The van der Waals surface area contributed by atoms with Gasteiger partial charge in [0, 0.05) is 26.8 Å². The van der Waals surface area contributed by atoms with Gasteiger partial charge in [0.2, 0.25) is 0 Å². The molecule has 1 aliphatic heterocycles. The quantitative estimate of drug-likeness (QED) is 0.845. The molecule has 1 fully saturated rings. The number of nitrogens with zero attached hydrogens (tertiary/aromatic N) is 1. The SMILES string of the molecule is COCCCC1CCCN(C(=O)c2sccc2N)C1. The van der Waals surface area contributed by atoms with E-state index in [1.807, 2.05) is 10.3 Å². The number of nitrogen functional groups attached to an aromatic ring is 1. The summed E-state index contributed by atoms with van der Waals surface area (Å²) >= 11 is 1.44. The number of anilines is 1. The number of likely N-dealkylation sites (tertiary alicyclic amines) is 1. The second-order valence-corrected chi connectivity index (χ2v) is 6.02. The Kier molecular flexibility index (Phi) is 5.22. The minimum absolute atomic E-state index is 0.101. The van der Waals surface area contributed by atoms with E-state index in [0.29, 0.717) is 16.5 Å². The fourth-order valence-corrected chi connectivity index (χ4v) is 3.42. The van der Waals surface area contributed by atoms with Crippen molar-refractivity contribution < 1.29 is 9.53 Å². The van der Waals surface area contributed by atoms with Crippen LogP contribution in [0.15, 0.2) is 11.4 Å². The molecular formula is C14H22N2O2S. The standard InChI is InChI=1S/C14H22N2O2S/c1-18-8-3-5-11-4-2-7-16(10-11)14(17)13-12(15)6-9-19-13/h6,9,11H,2-5,7-8,10,15H2,1H3. The lowest BCUT2D eigenvalue weighted by Gasteiger charge is -2.32. The van der Waals surface area contributed by atoms with Gasteiger partial charge < -0.3 is 15.4 Å². The van der Waals surface area contributed by atoms with E-state index in [4.69, 9.17) is 10.5 Å². The highest BCUT2D eigenvalue weighted by molar-refractivity contribution is 7.12. The average Bonchev–Trinajstić information content (AvgIpc) is 2.85. The number of methoxy groups -OCH3 is 1. The number of hydrogen-bond acceptors (Lipinski definition) is 4. The summed E-state index contributed by atoms with van der Waals surface area (Å²) in [5, 5.41) is 1.88. The van der Waals surface area contributed by atoms with Crippen molar-refractivity contribution in [2.24, 2.45) is 5.92 Å². The van der Waals surface area contributed by atoms with Crippen LogP contribution in [0.5, 0.6) is 0 Å². The van der Waals surface area contributed by atoms with Crippen molar-refractivity contribution >= 4 is 22.9 Å². The van der Waals surface area contributed by atoms with Gasteiger partial charge in [-0.1, -0.05) is 0 Å². The van der Waals surface area contributed by atoms with Crippen molar-refractivity contribution in [1.29, 1.82) is 0 Å². The minimum atomic E-state index is 0.101. The lowest BCUT2D eigenvalue weighted by Crippen LogP contribution is -2.39. The number of carbonyl (C=O) groups excluding carboxylic acids is 1. The first-order chi connectivity index (χ1) is 9.22. The summed E-state index contributed by atoms with van der Waals surface area (Å²) in [6.07, 6.45) is 4.52. The summed E-state index contributed by atoms with van der Waals surface area (Å²) in [5.74, 6) is 0.706. The number of nitrogens with two attached hydrogens (primary N) is 1. The molecule has 1 amide bonds. The normalized spacial score (nSPS) is 19.6. The minimum Gasteiger partial charge on any atom is -0.397 e. The Labute approximate surface area is 118 Å². The Hall–Kier alpha value is -1.07. The zero-order valence-corrected chi connectivity index (χ0v) is 12.2. The number of ether oxygens (including phenoxy) is 1. The molecule has 2 N–H and O–H groups in total. The number of carbonyl (C=O) groups is 1. The second kappa shape index (κ2) is 6.91. The van der Waals surface area contributed by atoms with E-state index in [-0.39, 0.29) is 5.91 Å². The van der Waals surface area contributed by atoms with E-state index in [1.165, 1.54) is 17.8 Å². The Morgan fingerprint density at radius 2 is 2.47 bits per heavy atom. The molecule has 1 unspecified atom stereocenters. The molecule has 2 rings (SSSR count). The Morgan fingerprint density at radius 1 is 1.63 bits per heavy atom. The first-order valence-corrected chi connectivity index (χ1v) is 7.71. The maximum atomic E-state index is 12.4.